The molecular formula is C18H15N3Na2O7S2. The van der Waals surface area contributed by atoms with Gasteiger partial charge in [-0.1, -0.05) is 17.7 Å². The van der Waals surface area contributed by atoms with Gasteiger partial charge >= 0.3 is 59.1 Å². The first-order valence-corrected chi connectivity index (χ1v) is 10.4. The van der Waals surface area contributed by atoms with E-state index in [1.165, 1.54) is 6.07 Å². The summed E-state index contributed by atoms with van der Waals surface area (Å²) in [6.07, 6.45) is 0. The second kappa shape index (κ2) is 12.1. The molecule has 0 bridgehead atoms. The molecule has 0 aromatic heterocycles. The zero-order valence-electron chi connectivity index (χ0n) is 17.6. The Hall–Kier alpha value is -0.740. The molecule has 0 amide bonds. The van der Waals surface area contributed by atoms with Crippen molar-refractivity contribution in [3.63, 3.8) is 0 Å². The van der Waals surface area contributed by atoms with Gasteiger partial charge < -0.3 is 20.7 Å². The molecule has 0 spiro atoms. The predicted molar refractivity (Wildman–Crippen MR) is 106 cm³/mol. The number of hydrogen-bond donors (Lipinski definition) is 2. The van der Waals surface area contributed by atoms with E-state index in [1.54, 1.807) is 6.07 Å². The van der Waals surface area contributed by atoms with Crippen LogP contribution in [0.4, 0.5) is 17.1 Å². The average molecular weight is 495 g/mol. The van der Waals surface area contributed by atoms with Crippen molar-refractivity contribution in [2.24, 2.45) is 10.2 Å². The summed E-state index contributed by atoms with van der Waals surface area (Å²) >= 11 is 0.420. The summed E-state index contributed by atoms with van der Waals surface area (Å²) in [4.78, 5) is -0.502. The minimum Gasteiger partial charge on any atom is -0.744 e. The van der Waals surface area contributed by atoms with Crippen LogP contribution in [0.25, 0.3) is 10.8 Å². The van der Waals surface area contributed by atoms with Crippen molar-refractivity contribution < 1.29 is 91.8 Å². The quantitative estimate of drug-likeness (QED) is 0.0703. The third-order valence-corrected chi connectivity index (χ3v) is 5.63. The van der Waals surface area contributed by atoms with Crippen LogP contribution in [-0.2, 0) is 19.5 Å². The minimum absolute atomic E-state index is 0. The van der Waals surface area contributed by atoms with Gasteiger partial charge in [0.2, 0.25) is 0 Å². The molecule has 0 aliphatic rings. The summed E-state index contributed by atoms with van der Waals surface area (Å²) in [5.74, 6) is -0.439. The number of anilines is 1. The van der Waals surface area contributed by atoms with E-state index in [0.717, 1.165) is 23.3 Å². The number of nitrogen functional groups attached to an aromatic ring is 1. The fourth-order valence-electron chi connectivity index (χ4n) is 2.87. The topological polar surface area (TPSA) is 170 Å². The van der Waals surface area contributed by atoms with Crippen LogP contribution in [0.5, 0.6) is 5.75 Å². The molecule has 0 radical (unpaired) electrons. The first-order valence-electron chi connectivity index (χ1n) is 8.29. The number of fused-ring (bicyclic) bond motifs is 1. The van der Waals surface area contributed by atoms with Crippen LogP contribution in [0.2, 0.25) is 0 Å². The third-order valence-electron chi connectivity index (χ3n) is 4.20. The molecule has 0 atom stereocenters. The van der Waals surface area contributed by atoms with Crippen molar-refractivity contribution in [1.29, 1.82) is 0 Å². The van der Waals surface area contributed by atoms with Gasteiger partial charge in [-0.3, -0.25) is 5.04 Å². The first-order chi connectivity index (χ1) is 14.1. The maximum Gasteiger partial charge on any atom is 1.00 e. The van der Waals surface area contributed by atoms with E-state index in [0.29, 0.717) is 17.7 Å². The smallest absolute Gasteiger partial charge is 0.744 e. The molecule has 158 valence electrons. The maximum absolute atomic E-state index is 11.4. The molecule has 0 unspecified atom stereocenters. The zero-order chi connectivity index (χ0) is 22.1. The Morgan fingerprint density at radius 1 is 1.09 bits per heavy atom. The van der Waals surface area contributed by atoms with E-state index in [-0.39, 0.29) is 86.2 Å². The second-order valence-corrected chi connectivity index (χ2v) is 8.47. The van der Waals surface area contributed by atoms with Crippen LogP contribution in [0, 0.1) is 13.8 Å². The van der Waals surface area contributed by atoms with Crippen molar-refractivity contribution in [1.82, 2.24) is 0 Å². The van der Waals surface area contributed by atoms with E-state index in [2.05, 4.69) is 19.6 Å². The summed E-state index contributed by atoms with van der Waals surface area (Å²) in [5, 5.41) is 32.7. The van der Waals surface area contributed by atoms with Gasteiger partial charge in [0.1, 0.15) is 15.8 Å². The van der Waals surface area contributed by atoms with Crippen molar-refractivity contribution in [2.45, 2.75) is 23.6 Å². The minimum atomic E-state index is -4.79. The molecule has 32 heavy (non-hydrogen) atoms. The van der Waals surface area contributed by atoms with Crippen molar-refractivity contribution >= 4 is 50.0 Å². The number of nitrogens with two attached hydrogens (primary N) is 1. The Morgan fingerprint density at radius 3 is 2.38 bits per heavy atom. The van der Waals surface area contributed by atoms with Crippen molar-refractivity contribution in [3.8, 4) is 5.75 Å². The normalized spacial score (nSPS) is 11.4. The number of phenols is 1. The molecule has 0 aliphatic heterocycles. The van der Waals surface area contributed by atoms with Crippen LogP contribution in [0.1, 0.15) is 11.1 Å². The van der Waals surface area contributed by atoms with Gasteiger partial charge in [-0.05, 0) is 49.1 Å². The summed E-state index contributed by atoms with van der Waals surface area (Å²) in [6, 6.07) is 8.81. The predicted octanol–water partition coefficient (Wildman–Crippen LogP) is -2.70. The molecule has 0 fully saturated rings. The van der Waals surface area contributed by atoms with Crippen LogP contribution < -0.4 is 70.1 Å². The first kappa shape index (κ1) is 29.3. The van der Waals surface area contributed by atoms with Gasteiger partial charge in [0.05, 0.1) is 27.5 Å². The van der Waals surface area contributed by atoms with Gasteiger partial charge in [-0.25, -0.2) is 8.42 Å². The number of rotatable bonds is 6. The molecule has 3 aromatic rings. The molecule has 3 aromatic carbocycles. The second-order valence-electron chi connectivity index (χ2n) is 6.35. The Labute approximate surface area is 232 Å². The monoisotopic (exact) mass is 495 g/mol. The number of aryl methyl sites for hydroxylation is 2. The molecule has 0 saturated carbocycles. The number of nitrogens with zero attached hydrogens (tertiary/aromatic N) is 2. The Morgan fingerprint density at radius 2 is 1.78 bits per heavy atom. The van der Waals surface area contributed by atoms with E-state index < -0.39 is 20.8 Å². The molecule has 0 saturated heterocycles. The fraction of sp³-hybridized carbons (Fsp3) is 0.111. The molecule has 3 N–H and O–H groups in total. The van der Waals surface area contributed by atoms with Crippen LogP contribution >= 0.6 is 12.0 Å². The van der Waals surface area contributed by atoms with Gasteiger partial charge in [-0.15, -0.1) is 5.11 Å². The van der Waals surface area contributed by atoms with Gasteiger partial charge in [-0.2, -0.15) is 9.45 Å². The largest absolute Gasteiger partial charge is 1.00 e. The van der Waals surface area contributed by atoms with Crippen LogP contribution in [-0.4, -0.2) is 18.1 Å². The van der Waals surface area contributed by atoms with Gasteiger partial charge in [0.15, 0.2) is 5.75 Å². The van der Waals surface area contributed by atoms with Crippen LogP contribution in [0.3, 0.4) is 0 Å². The van der Waals surface area contributed by atoms with Gasteiger partial charge in [0, 0.05) is 11.1 Å². The summed E-state index contributed by atoms with van der Waals surface area (Å²) < 4.78 is 38.4. The number of benzene rings is 3. The van der Waals surface area contributed by atoms with E-state index in [4.69, 9.17) is 5.73 Å². The van der Waals surface area contributed by atoms with E-state index in [9.17, 15) is 23.3 Å². The molecule has 3 rings (SSSR count). The zero-order valence-corrected chi connectivity index (χ0v) is 23.3. The van der Waals surface area contributed by atoms with E-state index in [1.807, 2.05) is 26.0 Å². The van der Waals surface area contributed by atoms with Crippen molar-refractivity contribution in [3.05, 3.63) is 47.5 Å². The number of hydrogen-bond acceptors (Lipinski definition) is 11. The molecule has 0 heterocycles. The Bertz CT molecular complexity index is 1270. The van der Waals surface area contributed by atoms with Gasteiger partial charge in [0.25, 0.3) is 0 Å². The number of azo groups is 1. The summed E-state index contributed by atoms with van der Waals surface area (Å²) in [6.45, 7) is 3.77. The standard InChI is InChI=1S/C18H17N3O7S2.2Na/c1-9-3-4-14(10(2)5-9)20-21-17-15(29-28-27-23)7-11-6-12(30(24,25)26)8-13(19)16(11)18(17)22;;/h3-8,22-23H,19H2,1-2H3,(H,24,25,26);;/q;2*+1/p-2. The van der Waals surface area contributed by atoms with E-state index >= 15 is 0 Å². The van der Waals surface area contributed by atoms with Crippen molar-refractivity contribution in [2.75, 3.05) is 5.73 Å². The average Bonchev–Trinajstić information content (AvgIpc) is 2.65. The molecule has 14 heteroatoms. The number of phenolic OH excluding ortho intramolecular Hbond substituents is 1. The summed E-state index contributed by atoms with van der Waals surface area (Å²) in [7, 11) is -4.79. The third kappa shape index (κ3) is 6.65. The molecular weight excluding hydrogens is 480 g/mol. The molecule has 10 nitrogen and oxygen atoms in total. The Balaban J connectivity index is 0.00000256. The maximum atomic E-state index is 11.4. The number of aromatic hydroxyl groups is 1. The fourth-order valence-corrected chi connectivity index (χ4v) is 3.90. The molecule has 0 aliphatic carbocycles. The SMILES string of the molecule is Cc1ccc(N=Nc2c(SOO[O-])cc3cc(S(=O)(=O)[O-])cc(N)c3c2O)c(C)c1.[Na+].[Na+]. The Kier molecular flexibility index (Phi) is 11.1. The van der Waals surface area contributed by atoms with Crippen LogP contribution in [0.15, 0.2) is 56.4 Å². The summed E-state index contributed by atoms with van der Waals surface area (Å²) in [5.41, 5.74) is 8.05.